The Morgan fingerprint density at radius 1 is 1.12 bits per heavy atom. The predicted octanol–water partition coefficient (Wildman–Crippen LogP) is 5.89. The van der Waals surface area contributed by atoms with Gasteiger partial charge >= 0.3 is 6.01 Å². The second kappa shape index (κ2) is 10.1. The third-order valence-electron chi connectivity index (χ3n) is 4.93. The first-order chi connectivity index (χ1) is 15.4. The molecule has 6 nitrogen and oxygen atoms in total. The number of aliphatic hydroxyl groups excluding tert-OH is 1. The number of rotatable bonds is 3. The molecule has 0 saturated carbocycles. The molecule has 0 saturated heterocycles. The molecule has 0 amide bonds. The molecule has 4 aromatic rings. The molecule has 1 aliphatic heterocycles. The van der Waals surface area contributed by atoms with Crippen LogP contribution in [0.2, 0.25) is 0 Å². The van der Waals surface area contributed by atoms with E-state index in [1.807, 2.05) is 34.9 Å². The molecule has 0 atom stereocenters. The number of pyridine rings is 1. The van der Waals surface area contributed by atoms with Gasteiger partial charge in [-0.1, -0.05) is 26.7 Å². The van der Waals surface area contributed by atoms with E-state index in [1.165, 1.54) is 19.9 Å². The molecule has 169 valence electrons. The number of aromatic nitrogens is 1. The Bertz CT molecular complexity index is 1440. The van der Waals surface area contributed by atoms with Crippen molar-refractivity contribution in [2.45, 2.75) is 33.7 Å². The first-order valence-electron chi connectivity index (χ1n) is 10.4. The SMILES string of the molecule is CC(=O)/C=C(/C)O.CC(C)[N+]1=C=[N+](c2[c-]ccc3c2oc2ncccc23)c2ccccc21.[Ir]. The summed E-state index contributed by atoms with van der Waals surface area (Å²) in [6, 6.07) is 23.3. The zero-order valence-corrected chi connectivity index (χ0v) is 21.2. The fraction of sp³-hybridized carbons (Fsp3) is 0.192. The van der Waals surface area contributed by atoms with Crippen molar-refractivity contribution in [2.24, 2.45) is 0 Å². The largest absolute Gasteiger partial charge is 0.512 e. The van der Waals surface area contributed by atoms with E-state index < -0.39 is 0 Å². The Labute approximate surface area is 205 Å². The maximum absolute atomic E-state index is 10.0. The van der Waals surface area contributed by atoms with Crippen LogP contribution in [0.5, 0.6) is 0 Å². The van der Waals surface area contributed by atoms with Crippen LogP contribution in [0.15, 0.2) is 71.0 Å². The van der Waals surface area contributed by atoms with E-state index in [1.54, 1.807) is 6.20 Å². The van der Waals surface area contributed by atoms with Crippen molar-refractivity contribution >= 4 is 50.9 Å². The Balaban J connectivity index is 0.000000337. The molecule has 2 aromatic heterocycles. The summed E-state index contributed by atoms with van der Waals surface area (Å²) in [5.41, 5.74) is 4.49. The number of ketones is 1. The number of para-hydroxylation sites is 2. The van der Waals surface area contributed by atoms with E-state index >= 15 is 0 Å². The van der Waals surface area contributed by atoms with Crippen LogP contribution in [-0.2, 0) is 24.9 Å². The van der Waals surface area contributed by atoms with E-state index in [9.17, 15) is 4.79 Å². The van der Waals surface area contributed by atoms with Crippen molar-refractivity contribution in [3.63, 3.8) is 0 Å². The minimum atomic E-state index is -0.125. The van der Waals surface area contributed by atoms with Crippen LogP contribution in [0, 0.1) is 6.07 Å². The zero-order chi connectivity index (χ0) is 22.8. The third kappa shape index (κ3) is 4.86. The fourth-order valence-electron chi connectivity index (χ4n) is 3.66. The molecule has 0 aliphatic carbocycles. The van der Waals surface area contributed by atoms with Gasteiger partial charge in [-0.15, -0.1) is 6.07 Å². The standard InChI is InChI=1S/C21H16N3O.C5H8O2.Ir/c1-14(2)23-13-24(18-10-4-3-9-17(18)23)19-11-5-7-15-16-8-6-12-22-21(16)25-20(15)19;1-4(6)3-5(2)7;/h3-10,12,14H,1-2H3;3,6H,1-2H3;/q+1;;/b;4-3-;. The van der Waals surface area contributed by atoms with Gasteiger partial charge in [0.1, 0.15) is 0 Å². The molecule has 33 heavy (non-hydrogen) atoms. The Hall–Kier alpha value is -3.37. The molecule has 7 heteroatoms. The van der Waals surface area contributed by atoms with Gasteiger partial charge in [0, 0.05) is 49.9 Å². The third-order valence-corrected chi connectivity index (χ3v) is 4.93. The van der Waals surface area contributed by atoms with Gasteiger partial charge in [-0.2, -0.15) is 12.1 Å². The normalized spacial score (nSPS) is 12.6. The van der Waals surface area contributed by atoms with Crippen LogP contribution in [0.25, 0.3) is 22.1 Å². The molecule has 1 aliphatic rings. The quantitative estimate of drug-likeness (QED) is 0.135. The topological polar surface area (TPSA) is 69.3 Å². The summed E-state index contributed by atoms with van der Waals surface area (Å²) in [5, 5.41) is 10.4. The number of carbonyl (C=O) groups excluding carboxylic acids is 1. The molecule has 0 spiro atoms. The number of furan rings is 1. The van der Waals surface area contributed by atoms with E-state index in [-0.39, 0.29) is 31.6 Å². The Morgan fingerprint density at radius 3 is 2.48 bits per heavy atom. The molecule has 0 fully saturated rings. The summed E-state index contributed by atoms with van der Waals surface area (Å²) >= 11 is 0. The maximum atomic E-state index is 10.0. The molecule has 0 bridgehead atoms. The molecular weight excluding hydrogens is 595 g/mol. The average Bonchev–Trinajstić information content (AvgIpc) is 3.32. The number of allylic oxidation sites excluding steroid dienone is 2. The van der Waals surface area contributed by atoms with Gasteiger partial charge in [-0.3, -0.25) is 4.79 Å². The van der Waals surface area contributed by atoms with Crippen molar-refractivity contribution in [1.29, 1.82) is 0 Å². The number of benzene rings is 2. The Morgan fingerprint density at radius 2 is 1.85 bits per heavy atom. The van der Waals surface area contributed by atoms with Crippen molar-refractivity contribution in [1.82, 2.24) is 9.56 Å². The second-order valence-corrected chi connectivity index (χ2v) is 7.81. The minimum absolute atomic E-state index is 0. The molecule has 3 heterocycles. The molecular formula is C26H24IrN3O3+. The maximum Gasteiger partial charge on any atom is 0.494 e. The van der Waals surface area contributed by atoms with Gasteiger partial charge in [0.05, 0.1) is 11.3 Å². The van der Waals surface area contributed by atoms with Crippen LogP contribution in [0.3, 0.4) is 0 Å². The van der Waals surface area contributed by atoms with Crippen molar-refractivity contribution in [3.8, 4) is 0 Å². The number of carbonyl (C=O) groups is 1. The number of hydrogen-bond donors (Lipinski definition) is 1. The number of fused-ring (bicyclic) bond motifs is 4. The van der Waals surface area contributed by atoms with Gasteiger partial charge in [0.2, 0.25) is 5.71 Å². The number of aliphatic hydroxyl groups is 1. The van der Waals surface area contributed by atoms with Gasteiger partial charge in [0.15, 0.2) is 17.5 Å². The monoisotopic (exact) mass is 619 g/mol. The van der Waals surface area contributed by atoms with E-state index in [0.29, 0.717) is 11.8 Å². The van der Waals surface area contributed by atoms with Crippen molar-refractivity contribution in [2.75, 3.05) is 0 Å². The second-order valence-electron chi connectivity index (χ2n) is 7.81. The summed E-state index contributed by atoms with van der Waals surface area (Å²) in [6.07, 6.45) is 2.91. The Kier molecular flexibility index (Phi) is 7.39. The summed E-state index contributed by atoms with van der Waals surface area (Å²) in [4.78, 5) is 14.4. The smallest absolute Gasteiger partial charge is 0.494 e. The van der Waals surface area contributed by atoms with Gasteiger partial charge < -0.3 is 9.52 Å². The van der Waals surface area contributed by atoms with Crippen molar-refractivity contribution < 1.29 is 39.0 Å². The van der Waals surface area contributed by atoms with E-state index in [2.05, 4.69) is 53.7 Å². The van der Waals surface area contributed by atoms with Crippen LogP contribution >= 0.6 is 0 Å². The summed E-state index contributed by atoms with van der Waals surface area (Å²) in [6.45, 7) is 7.16. The van der Waals surface area contributed by atoms with Crippen LogP contribution < -0.4 is 4.58 Å². The number of hydrogen-bond acceptors (Lipinski definition) is 4. The van der Waals surface area contributed by atoms with Gasteiger partial charge in [0.25, 0.3) is 11.4 Å². The number of nitrogens with zero attached hydrogens (tertiary/aromatic N) is 3. The van der Waals surface area contributed by atoms with Gasteiger partial charge in [-0.05, 0) is 39.8 Å². The van der Waals surface area contributed by atoms with Crippen molar-refractivity contribution in [3.05, 3.63) is 72.6 Å². The molecule has 1 N–H and O–H groups in total. The van der Waals surface area contributed by atoms with Gasteiger partial charge in [-0.25, -0.2) is 4.98 Å². The average molecular weight is 619 g/mol. The predicted molar refractivity (Wildman–Crippen MR) is 125 cm³/mol. The minimum Gasteiger partial charge on any atom is -0.512 e. The first kappa shape index (κ1) is 24.3. The first-order valence-corrected chi connectivity index (χ1v) is 10.4. The summed E-state index contributed by atoms with van der Waals surface area (Å²) < 4.78 is 10.2. The zero-order valence-electron chi connectivity index (χ0n) is 18.8. The van der Waals surface area contributed by atoms with Crippen LogP contribution in [-0.4, -0.2) is 32.5 Å². The van der Waals surface area contributed by atoms with E-state index in [0.717, 1.165) is 33.4 Å². The van der Waals surface area contributed by atoms with E-state index in [4.69, 9.17) is 9.52 Å². The molecule has 5 rings (SSSR count). The summed E-state index contributed by atoms with van der Waals surface area (Å²) in [5.74, 6) is -0.0625. The van der Waals surface area contributed by atoms with Crippen LogP contribution in [0.1, 0.15) is 27.7 Å². The summed E-state index contributed by atoms with van der Waals surface area (Å²) in [7, 11) is 0. The molecule has 2 aromatic carbocycles. The van der Waals surface area contributed by atoms with Crippen LogP contribution in [0.4, 0.5) is 17.1 Å². The molecule has 0 unspecified atom stereocenters. The molecule has 1 radical (unpaired) electrons. The fourth-order valence-corrected chi connectivity index (χ4v) is 3.66.